The number of phenols is 1. The van der Waals surface area contributed by atoms with E-state index in [0.717, 1.165) is 11.3 Å². The zero-order valence-corrected chi connectivity index (χ0v) is 7.38. The molecule has 2 aromatic rings. The van der Waals surface area contributed by atoms with E-state index in [1.807, 2.05) is 0 Å². The molecule has 14 heavy (non-hydrogen) atoms. The molecule has 0 amide bonds. The van der Waals surface area contributed by atoms with Gasteiger partial charge in [-0.3, -0.25) is 10.1 Å². The molecule has 4 nitrogen and oxygen atoms in total. The van der Waals surface area contributed by atoms with Crippen LogP contribution in [0.3, 0.4) is 0 Å². The van der Waals surface area contributed by atoms with E-state index in [9.17, 15) is 0 Å². The zero-order valence-electron chi connectivity index (χ0n) is 7.38. The lowest BCUT2D eigenvalue weighted by Crippen LogP contribution is -1.77. The smallest absolute Gasteiger partial charge is 0.115 e. The van der Waals surface area contributed by atoms with Crippen molar-refractivity contribution in [2.45, 2.75) is 0 Å². The maximum absolute atomic E-state index is 9.05. The van der Waals surface area contributed by atoms with Crippen LogP contribution in [0.5, 0.6) is 5.75 Å². The number of benzene rings is 1. The first-order valence-corrected chi connectivity index (χ1v) is 4.16. The summed E-state index contributed by atoms with van der Waals surface area (Å²) in [4.78, 5) is 4.17. The number of nitrogens with zero attached hydrogens (tertiary/aromatic N) is 2. The largest absolute Gasteiger partial charge is 0.508 e. The van der Waals surface area contributed by atoms with Gasteiger partial charge in [0.15, 0.2) is 0 Å². The van der Waals surface area contributed by atoms with E-state index in [1.165, 1.54) is 0 Å². The highest BCUT2D eigenvalue weighted by Crippen LogP contribution is 2.10. The normalized spacial score (nSPS) is 10.9. The number of rotatable bonds is 2. The van der Waals surface area contributed by atoms with E-state index < -0.39 is 0 Å². The summed E-state index contributed by atoms with van der Waals surface area (Å²) in [7, 11) is 0. The first-order chi connectivity index (χ1) is 6.84. The Morgan fingerprint density at radius 1 is 1.29 bits per heavy atom. The predicted molar refractivity (Wildman–Crippen MR) is 53.9 cm³/mol. The van der Waals surface area contributed by atoms with Gasteiger partial charge < -0.3 is 5.11 Å². The number of phenolic OH excluding ortho intramolecular Hbond substituents is 1. The summed E-state index contributed by atoms with van der Waals surface area (Å²) in [5, 5.41) is 15.5. The van der Waals surface area contributed by atoms with E-state index in [4.69, 9.17) is 5.11 Å². The van der Waals surface area contributed by atoms with Crippen LogP contribution in [0, 0.1) is 0 Å². The zero-order chi connectivity index (χ0) is 9.80. The second-order valence-corrected chi connectivity index (χ2v) is 2.81. The Balaban J connectivity index is 2.15. The lowest BCUT2D eigenvalue weighted by Gasteiger charge is -1.92. The van der Waals surface area contributed by atoms with Gasteiger partial charge >= 0.3 is 0 Å². The molecular weight excluding hydrogens is 178 g/mol. The molecule has 0 radical (unpaired) electrons. The van der Waals surface area contributed by atoms with Gasteiger partial charge in [-0.05, 0) is 29.8 Å². The average molecular weight is 187 g/mol. The number of nitrogens with one attached hydrogen (secondary N) is 1. The van der Waals surface area contributed by atoms with Crippen molar-refractivity contribution in [2.75, 3.05) is 0 Å². The molecule has 1 heterocycles. The van der Waals surface area contributed by atoms with E-state index >= 15 is 0 Å². The quantitative estimate of drug-likeness (QED) is 0.705. The Kier molecular flexibility index (Phi) is 2.27. The van der Waals surface area contributed by atoms with Gasteiger partial charge in [-0.15, -0.1) is 0 Å². The van der Waals surface area contributed by atoms with Crippen LogP contribution < -0.4 is 0 Å². The number of aromatic amines is 1. The minimum atomic E-state index is 0.255. The summed E-state index contributed by atoms with van der Waals surface area (Å²) in [6.07, 6.45) is 5.05. The highest BCUT2D eigenvalue weighted by atomic mass is 16.3. The van der Waals surface area contributed by atoms with E-state index in [0.29, 0.717) is 0 Å². The van der Waals surface area contributed by atoms with Crippen LogP contribution in [0.2, 0.25) is 0 Å². The number of aromatic hydroxyl groups is 1. The van der Waals surface area contributed by atoms with Gasteiger partial charge in [-0.1, -0.05) is 0 Å². The molecule has 0 aliphatic heterocycles. The van der Waals surface area contributed by atoms with Gasteiger partial charge in [0.05, 0.1) is 6.20 Å². The molecular formula is C10H9N3O. The first-order valence-electron chi connectivity index (χ1n) is 4.16. The predicted octanol–water partition coefficient (Wildman–Crippen LogP) is 1.87. The topological polar surface area (TPSA) is 61.3 Å². The summed E-state index contributed by atoms with van der Waals surface area (Å²) in [6.45, 7) is 0. The second-order valence-electron chi connectivity index (χ2n) is 2.81. The molecule has 0 saturated carbocycles. The molecule has 0 spiro atoms. The maximum Gasteiger partial charge on any atom is 0.115 e. The second kappa shape index (κ2) is 3.74. The highest BCUT2D eigenvalue weighted by Gasteiger charge is 1.90. The lowest BCUT2D eigenvalue weighted by molar-refractivity contribution is 0.475. The van der Waals surface area contributed by atoms with Crippen LogP contribution in [0.4, 0.5) is 5.69 Å². The van der Waals surface area contributed by atoms with Crippen LogP contribution in [-0.2, 0) is 0 Å². The minimum absolute atomic E-state index is 0.255. The fourth-order valence-corrected chi connectivity index (χ4v) is 1.02. The lowest BCUT2D eigenvalue weighted by atomic mass is 10.2. The summed E-state index contributed by atoms with van der Waals surface area (Å²) >= 11 is 0. The number of aliphatic imine (C=N–C) groups is 1. The van der Waals surface area contributed by atoms with Crippen LogP contribution in [0.1, 0.15) is 5.56 Å². The minimum Gasteiger partial charge on any atom is -0.508 e. The Morgan fingerprint density at radius 2 is 2.07 bits per heavy atom. The van der Waals surface area contributed by atoms with Gasteiger partial charge in [-0.2, -0.15) is 5.10 Å². The van der Waals surface area contributed by atoms with Crippen molar-refractivity contribution in [3.63, 3.8) is 0 Å². The molecule has 1 aromatic carbocycles. The standard InChI is InChI=1S/C10H9N3O/c14-10-3-1-8(2-4-10)5-11-9-6-12-13-7-9/h1-7,14H,(H,12,13). The molecule has 70 valence electrons. The molecule has 1 aromatic heterocycles. The van der Waals surface area contributed by atoms with Gasteiger partial charge in [0.1, 0.15) is 11.4 Å². The maximum atomic E-state index is 9.05. The third-order valence-electron chi connectivity index (χ3n) is 1.74. The number of hydrogen-bond acceptors (Lipinski definition) is 3. The van der Waals surface area contributed by atoms with Crippen LogP contribution in [0.15, 0.2) is 41.7 Å². The van der Waals surface area contributed by atoms with E-state index in [2.05, 4.69) is 15.2 Å². The van der Waals surface area contributed by atoms with Crippen molar-refractivity contribution in [3.05, 3.63) is 42.2 Å². The molecule has 0 atom stereocenters. The highest BCUT2D eigenvalue weighted by molar-refractivity contribution is 5.81. The Bertz CT molecular complexity index is 417. The van der Waals surface area contributed by atoms with Crippen LogP contribution >= 0.6 is 0 Å². The van der Waals surface area contributed by atoms with Crippen LogP contribution in [-0.4, -0.2) is 21.5 Å². The molecule has 0 aliphatic rings. The molecule has 0 aliphatic carbocycles. The molecule has 2 N–H and O–H groups in total. The van der Waals surface area contributed by atoms with Gasteiger partial charge in [0.25, 0.3) is 0 Å². The van der Waals surface area contributed by atoms with Gasteiger partial charge in [0, 0.05) is 12.4 Å². The third kappa shape index (κ3) is 1.98. The van der Waals surface area contributed by atoms with E-state index in [-0.39, 0.29) is 5.75 Å². The SMILES string of the molecule is Oc1ccc(C=Nc2cn[nH]c2)cc1. The van der Waals surface area contributed by atoms with Crippen molar-refractivity contribution in [1.82, 2.24) is 10.2 Å². The molecule has 4 heteroatoms. The van der Waals surface area contributed by atoms with Crippen LogP contribution in [0.25, 0.3) is 0 Å². The van der Waals surface area contributed by atoms with Crippen molar-refractivity contribution < 1.29 is 5.11 Å². The Labute approximate surface area is 80.9 Å². The Hall–Kier alpha value is -2.10. The number of aromatic nitrogens is 2. The number of H-pyrrole nitrogens is 1. The molecule has 2 rings (SSSR count). The molecule has 0 fully saturated rings. The number of hydrogen-bond donors (Lipinski definition) is 2. The summed E-state index contributed by atoms with van der Waals surface area (Å²) in [5.41, 5.74) is 1.71. The fourth-order valence-electron chi connectivity index (χ4n) is 1.02. The molecule has 0 bridgehead atoms. The molecule has 0 unspecified atom stereocenters. The summed E-state index contributed by atoms with van der Waals surface area (Å²) in [6, 6.07) is 6.82. The van der Waals surface area contributed by atoms with Crippen molar-refractivity contribution in [3.8, 4) is 5.75 Å². The summed E-state index contributed by atoms with van der Waals surface area (Å²) < 4.78 is 0. The van der Waals surface area contributed by atoms with Gasteiger partial charge in [0.2, 0.25) is 0 Å². The van der Waals surface area contributed by atoms with Crippen molar-refractivity contribution >= 4 is 11.9 Å². The van der Waals surface area contributed by atoms with E-state index in [1.54, 1.807) is 42.9 Å². The summed E-state index contributed by atoms with van der Waals surface area (Å²) in [5.74, 6) is 0.255. The average Bonchev–Trinajstić information content (AvgIpc) is 2.70. The molecule has 0 saturated heterocycles. The van der Waals surface area contributed by atoms with Crippen molar-refractivity contribution in [1.29, 1.82) is 0 Å². The third-order valence-corrected chi connectivity index (χ3v) is 1.74. The fraction of sp³-hybridized carbons (Fsp3) is 0. The van der Waals surface area contributed by atoms with Gasteiger partial charge in [-0.25, -0.2) is 0 Å². The Morgan fingerprint density at radius 3 is 2.71 bits per heavy atom. The first kappa shape index (κ1) is 8.50. The monoisotopic (exact) mass is 187 g/mol. The van der Waals surface area contributed by atoms with Crippen molar-refractivity contribution in [2.24, 2.45) is 4.99 Å².